The van der Waals surface area contributed by atoms with Crippen LogP contribution in [0, 0.1) is 17.8 Å². The summed E-state index contributed by atoms with van der Waals surface area (Å²) in [6, 6.07) is 8.33. The van der Waals surface area contributed by atoms with Crippen LogP contribution < -0.4 is 0 Å². The van der Waals surface area contributed by atoms with Gasteiger partial charge >= 0.3 is 0 Å². The van der Waals surface area contributed by atoms with E-state index in [2.05, 4.69) is 33.2 Å². The maximum atomic E-state index is 5.48. The van der Waals surface area contributed by atoms with E-state index >= 15 is 0 Å². The second-order valence-corrected chi connectivity index (χ2v) is 7.37. The quantitative estimate of drug-likeness (QED) is 0.796. The van der Waals surface area contributed by atoms with Gasteiger partial charge in [-0.1, -0.05) is 17.3 Å². The van der Waals surface area contributed by atoms with Gasteiger partial charge in [-0.25, -0.2) is 4.68 Å². The summed E-state index contributed by atoms with van der Waals surface area (Å²) in [5.74, 6) is 2.36. The molecule has 4 nitrogen and oxygen atoms in total. The van der Waals surface area contributed by atoms with Crippen molar-refractivity contribution in [2.24, 2.45) is 17.8 Å². The highest BCUT2D eigenvalue weighted by Crippen LogP contribution is 2.61. The van der Waals surface area contributed by atoms with Gasteiger partial charge in [0, 0.05) is 0 Å². The molecule has 0 amide bonds. The lowest BCUT2D eigenvalue weighted by molar-refractivity contribution is 0.00138. The fraction of sp³-hybridized carbons (Fsp3) is 0.556. The zero-order valence-electron chi connectivity index (χ0n) is 12.9. The zero-order valence-corrected chi connectivity index (χ0v) is 12.9. The van der Waals surface area contributed by atoms with E-state index in [4.69, 9.17) is 4.74 Å². The summed E-state index contributed by atoms with van der Waals surface area (Å²) in [5, 5.41) is 9.00. The molecule has 0 spiro atoms. The molecule has 0 aliphatic heterocycles. The number of aromatic nitrogens is 3. The molecule has 114 valence electrons. The molecule has 4 aliphatic rings. The van der Waals surface area contributed by atoms with Crippen molar-refractivity contribution in [2.45, 2.75) is 37.6 Å². The van der Waals surface area contributed by atoms with Gasteiger partial charge in [0.15, 0.2) is 0 Å². The molecule has 22 heavy (non-hydrogen) atoms. The number of methoxy groups -OCH3 is 1. The first-order valence-corrected chi connectivity index (χ1v) is 8.34. The Kier molecular flexibility index (Phi) is 2.50. The van der Waals surface area contributed by atoms with Crippen LogP contribution in [0.25, 0.3) is 11.0 Å². The Bertz CT molecular complexity index is 749. The van der Waals surface area contributed by atoms with Gasteiger partial charge in [0.25, 0.3) is 0 Å². The smallest absolute Gasteiger partial charge is 0.113 e. The number of fused-ring (bicyclic) bond motifs is 1. The van der Waals surface area contributed by atoms with E-state index < -0.39 is 0 Å². The molecule has 2 aromatic rings. The summed E-state index contributed by atoms with van der Waals surface area (Å²) >= 11 is 0. The van der Waals surface area contributed by atoms with Crippen molar-refractivity contribution in [1.82, 2.24) is 15.0 Å². The minimum absolute atomic E-state index is 0.000856. The SMILES string of the molecule is COC=C1C2CC3CC(C2)CC1(n1nnc2ccccc21)C3. The molecule has 1 aromatic carbocycles. The molecule has 1 aromatic heterocycles. The van der Waals surface area contributed by atoms with Crippen molar-refractivity contribution in [3.8, 4) is 0 Å². The average molecular weight is 295 g/mol. The molecular formula is C18H21N3O. The van der Waals surface area contributed by atoms with Crippen LogP contribution in [0.2, 0.25) is 0 Å². The predicted molar refractivity (Wildman–Crippen MR) is 84.1 cm³/mol. The molecule has 4 heteroatoms. The monoisotopic (exact) mass is 295 g/mol. The number of ether oxygens (including phenoxy) is 1. The van der Waals surface area contributed by atoms with Crippen molar-refractivity contribution in [2.75, 3.05) is 7.11 Å². The van der Waals surface area contributed by atoms with Gasteiger partial charge in [0.05, 0.1) is 24.4 Å². The van der Waals surface area contributed by atoms with Crippen molar-refractivity contribution >= 4 is 11.0 Å². The Balaban J connectivity index is 1.74. The second-order valence-electron chi connectivity index (χ2n) is 7.37. The number of rotatable bonds is 2. The van der Waals surface area contributed by atoms with E-state index in [1.165, 1.54) is 37.7 Å². The molecule has 6 rings (SSSR count). The highest BCUT2D eigenvalue weighted by atomic mass is 16.5. The van der Waals surface area contributed by atoms with Crippen LogP contribution in [0.4, 0.5) is 0 Å². The van der Waals surface area contributed by atoms with Crippen LogP contribution in [0.5, 0.6) is 0 Å². The highest BCUT2D eigenvalue weighted by molar-refractivity contribution is 5.74. The number of nitrogens with zero attached hydrogens (tertiary/aromatic N) is 3. The summed E-state index contributed by atoms with van der Waals surface area (Å²) in [5.41, 5.74) is 3.61. The summed E-state index contributed by atoms with van der Waals surface area (Å²) in [4.78, 5) is 0. The van der Waals surface area contributed by atoms with Gasteiger partial charge in [-0.05, 0) is 67.6 Å². The van der Waals surface area contributed by atoms with Crippen LogP contribution in [-0.2, 0) is 10.3 Å². The van der Waals surface area contributed by atoms with Gasteiger partial charge in [-0.2, -0.15) is 0 Å². The van der Waals surface area contributed by atoms with Crippen LogP contribution in [0.1, 0.15) is 32.1 Å². The molecule has 0 radical (unpaired) electrons. The molecule has 1 heterocycles. The fourth-order valence-electron chi connectivity index (χ4n) is 5.62. The fourth-order valence-corrected chi connectivity index (χ4v) is 5.62. The second kappa shape index (κ2) is 4.34. The molecule has 2 atom stereocenters. The minimum Gasteiger partial charge on any atom is -0.504 e. The lowest BCUT2D eigenvalue weighted by Gasteiger charge is -2.57. The van der Waals surface area contributed by atoms with E-state index in [0.29, 0.717) is 5.92 Å². The third-order valence-electron chi connectivity index (χ3n) is 6.13. The molecule has 2 unspecified atom stereocenters. The molecule has 0 saturated heterocycles. The number of allylic oxidation sites excluding steroid dienone is 1. The topological polar surface area (TPSA) is 39.9 Å². The van der Waals surface area contributed by atoms with Gasteiger partial charge in [0.2, 0.25) is 0 Å². The first-order chi connectivity index (χ1) is 10.8. The van der Waals surface area contributed by atoms with Crippen LogP contribution in [0.15, 0.2) is 36.1 Å². The Morgan fingerprint density at radius 1 is 1.18 bits per heavy atom. The van der Waals surface area contributed by atoms with Crippen LogP contribution in [0.3, 0.4) is 0 Å². The van der Waals surface area contributed by atoms with Crippen LogP contribution in [-0.4, -0.2) is 22.1 Å². The Morgan fingerprint density at radius 2 is 1.95 bits per heavy atom. The van der Waals surface area contributed by atoms with Crippen molar-refractivity contribution < 1.29 is 4.74 Å². The summed E-state index contributed by atoms with van der Waals surface area (Å²) in [6.07, 6.45) is 8.48. The first kappa shape index (κ1) is 12.7. The molecule has 4 fully saturated rings. The normalized spacial score (nSPS) is 38.0. The third kappa shape index (κ3) is 1.53. The Labute approximate surface area is 130 Å². The number of hydrogen-bond acceptors (Lipinski definition) is 3. The standard InChI is InChI=1S/C18H21N3O/c1-22-11-15-14-7-12-6-13(8-14)10-18(15,9-12)21-17-5-3-2-4-16(17)19-20-21/h2-5,11-14H,6-10H2,1H3. The van der Waals surface area contributed by atoms with E-state index in [1.54, 1.807) is 7.11 Å². The van der Waals surface area contributed by atoms with E-state index in [1.807, 2.05) is 12.3 Å². The number of benzene rings is 1. The molecule has 4 bridgehead atoms. The van der Waals surface area contributed by atoms with E-state index in [-0.39, 0.29) is 5.54 Å². The Morgan fingerprint density at radius 3 is 2.73 bits per heavy atom. The van der Waals surface area contributed by atoms with Gasteiger partial charge in [-0.3, -0.25) is 0 Å². The van der Waals surface area contributed by atoms with Crippen molar-refractivity contribution in [3.63, 3.8) is 0 Å². The summed E-state index contributed by atoms with van der Waals surface area (Å²) < 4.78 is 7.70. The Hall–Kier alpha value is -1.84. The maximum absolute atomic E-state index is 5.48. The largest absolute Gasteiger partial charge is 0.504 e. The van der Waals surface area contributed by atoms with Crippen LogP contribution >= 0.6 is 0 Å². The predicted octanol–water partition coefficient (Wildman–Crippen LogP) is 3.50. The summed E-state index contributed by atoms with van der Waals surface area (Å²) in [7, 11) is 1.77. The minimum atomic E-state index is 0.000856. The first-order valence-electron chi connectivity index (χ1n) is 8.34. The maximum Gasteiger partial charge on any atom is 0.113 e. The number of hydrogen-bond donors (Lipinski definition) is 0. The third-order valence-corrected chi connectivity index (χ3v) is 6.13. The molecule has 4 aliphatic carbocycles. The lowest BCUT2D eigenvalue weighted by Crippen LogP contribution is -2.54. The van der Waals surface area contributed by atoms with Crippen molar-refractivity contribution in [1.29, 1.82) is 0 Å². The highest BCUT2D eigenvalue weighted by Gasteiger charge is 2.56. The van der Waals surface area contributed by atoms with Gasteiger partial charge < -0.3 is 4.74 Å². The lowest BCUT2D eigenvalue weighted by atomic mass is 9.51. The van der Waals surface area contributed by atoms with Gasteiger partial charge in [-0.15, -0.1) is 5.10 Å². The molecule has 0 N–H and O–H groups in total. The van der Waals surface area contributed by atoms with E-state index in [9.17, 15) is 0 Å². The van der Waals surface area contributed by atoms with E-state index in [0.717, 1.165) is 22.9 Å². The van der Waals surface area contributed by atoms with Crippen molar-refractivity contribution in [3.05, 3.63) is 36.1 Å². The average Bonchev–Trinajstić information content (AvgIpc) is 2.95. The zero-order chi connectivity index (χ0) is 14.7. The number of para-hydroxylation sites is 1. The summed E-state index contributed by atoms with van der Waals surface area (Å²) in [6.45, 7) is 0. The van der Waals surface area contributed by atoms with Gasteiger partial charge in [0.1, 0.15) is 5.52 Å². The molecular weight excluding hydrogens is 274 g/mol. The molecule has 4 saturated carbocycles.